The van der Waals surface area contributed by atoms with Crippen LogP contribution in [0.25, 0.3) is 11.1 Å². The van der Waals surface area contributed by atoms with E-state index in [9.17, 15) is 4.79 Å². The predicted molar refractivity (Wildman–Crippen MR) is 86.1 cm³/mol. The second-order valence-electron chi connectivity index (χ2n) is 6.33. The number of pyridine rings is 1. The van der Waals surface area contributed by atoms with Crippen LogP contribution in [0.3, 0.4) is 0 Å². The Morgan fingerprint density at radius 3 is 2.23 bits per heavy atom. The van der Waals surface area contributed by atoms with Crippen LogP contribution in [0.4, 0.5) is 0 Å². The van der Waals surface area contributed by atoms with E-state index in [0.717, 1.165) is 22.9 Å². The topological polar surface area (TPSA) is 48.4 Å². The van der Waals surface area contributed by atoms with Crippen LogP contribution in [0.1, 0.15) is 24.3 Å². The second-order valence-corrected chi connectivity index (χ2v) is 6.33. The Morgan fingerprint density at radius 1 is 1.05 bits per heavy atom. The molecule has 2 aromatic rings. The number of carbonyl (C=O) groups is 1. The fraction of sp³-hybridized carbons (Fsp3) is 0.294. The lowest BCUT2D eigenvalue weighted by molar-refractivity contribution is 0.0343. The predicted octanol–water partition coefficient (Wildman–Crippen LogP) is 2.33. The monoisotopic (exact) mass is 295 g/mol. The zero-order valence-electron chi connectivity index (χ0n) is 12.8. The molecule has 22 heavy (non-hydrogen) atoms. The van der Waals surface area contributed by atoms with Crippen molar-refractivity contribution in [1.29, 1.82) is 0 Å². The lowest BCUT2D eigenvalue weighted by atomic mass is 9.75. The van der Waals surface area contributed by atoms with Crippen LogP contribution in [0.15, 0.2) is 42.6 Å². The number of rotatable bonds is 3. The molecule has 1 aliphatic rings. The largest absolute Gasteiger partial charge is 0.493 e. The minimum atomic E-state index is -0.294. The molecule has 0 atom stereocenters. The van der Waals surface area contributed by atoms with Crippen molar-refractivity contribution in [2.24, 2.45) is 5.41 Å². The summed E-state index contributed by atoms with van der Waals surface area (Å²) in [6.07, 6.45) is 2.45. The van der Waals surface area contributed by atoms with Gasteiger partial charge in [-0.2, -0.15) is 0 Å². The van der Waals surface area contributed by atoms with Gasteiger partial charge in [0.05, 0.1) is 0 Å². The highest BCUT2D eigenvalue weighted by Crippen LogP contribution is 2.22. The summed E-state index contributed by atoms with van der Waals surface area (Å²) in [6, 6.07) is 11.6. The van der Waals surface area contributed by atoms with Crippen molar-refractivity contribution in [1.82, 2.24) is 4.98 Å². The van der Waals surface area contributed by atoms with E-state index in [1.54, 1.807) is 12.3 Å². The molecule has 1 aromatic heterocycles. The third-order valence-corrected chi connectivity index (χ3v) is 3.67. The molecule has 0 spiro atoms. The van der Waals surface area contributed by atoms with Gasteiger partial charge in [-0.05, 0) is 17.1 Å². The highest BCUT2D eigenvalue weighted by Gasteiger charge is 2.33. The molecule has 112 valence electrons. The number of hydrogen-bond donors (Lipinski definition) is 0. The van der Waals surface area contributed by atoms with Crippen molar-refractivity contribution >= 4 is 18.9 Å². The average Bonchev–Trinajstić information content (AvgIpc) is 2.55. The summed E-state index contributed by atoms with van der Waals surface area (Å²) in [5, 5.41) is 0. The van der Waals surface area contributed by atoms with Gasteiger partial charge < -0.3 is 9.31 Å². The number of hydrogen-bond acceptors (Lipinski definition) is 4. The van der Waals surface area contributed by atoms with Gasteiger partial charge in [-0.3, -0.25) is 9.78 Å². The summed E-state index contributed by atoms with van der Waals surface area (Å²) < 4.78 is 11.6. The molecule has 0 bridgehead atoms. The Balaban J connectivity index is 1.73. The van der Waals surface area contributed by atoms with Gasteiger partial charge in [-0.15, -0.1) is 0 Å². The molecule has 1 saturated heterocycles. The zero-order valence-corrected chi connectivity index (χ0v) is 12.8. The molecule has 0 amide bonds. The maximum absolute atomic E-state index is 10.6. The van der Waals surface area contributed by atoms with Crippen LogP contribution in [-0.4, -0.2) is 31.6 Å². The van der Waals surface area contributed by atoms with Crippen LogP contribution in [-0.2, 0) is 9.31 Å². The Bertz CT molecular complexity index is 643. The third-order valence-electron chi connectivity index (χ3n) is 3.67. The first kappa shape index (κ1) is 14.9. The molecule has 0 saturated carbocycles. The molecule has 0 radical (unpaired) electrons. The van der Waals surface area contributed by atoms with E-state index in [4.69, 9.17) is 9.31 Å². The zero-order chi connectivity index (χ0) is 15.6. The summed E-state index contributed by atoms with van der Waals surface area (Å²) in [6.45, 7) is 5.64. The van der Waals surface area contributed by atoms with Crippen LogP contribution in [0, 0.1) is 5.41 Å². The van der Waals surface area contributed by atoms with Crippen LogP contribution < -0.4 is 5.46 Å². The molecule has 4 nitrogen and oxygen atoms in total. The van der Waals surface area contributed by atoms with Gasteiger partial charge in [-0.25, -0.2) is 0 Å². The maximum atomic E-state index is 10.6. The Hall–Kier alpha value is -1.98. The standard InChI is InChI=1S/C17H18BNO3/c1-17(2)11-21-18(22-12-17)15-6-3-13(4-7-15)14-5-8-16(10-20)19-9-14/h3-10H,11-12H2,1-2H3. The molecular weight excluding hydrogens is 277 g/mol. The first-order valence-electron chi connectivity index (χ1n) is 7.32. The molecule has 0 aliphatic carbocycles. The maximum Gasteiger partial charge on any atom is 0.493 e. The van der Waals surface area contributed by atoms with Gasteiger partial charge in [0.1, 0.15) is 5.69 Å². The second kappa shape index (κ2) is 6.03. The third kappa shape index (κ3) is 3.26. The van der Waals surface area contributed by atoms with Crippen LogP contribution >= 0.6 is 0 Å². The molecular formula is C17H18BNO3. The highest BCUT2D eigenvalue weighted by molar-refractivity contribution is 6.61. The van der Waals surface area contributed by atoms with E-state index in [1.165, 1.54) is 0 Å². The molecule has 0 N–H and O–H groups in total. The molecule has 3 rings (SSSR count). The van der Waals surface area contributed by atoms with Gasteiger partial charge >= 0.3 is 7.12 Å². The van der Waals surface area contributed by atoms with Crippen molar-refractivity contribution in [3.8, 4) is 11.1 Å². The summed E-state index contributed by atoms with van der Waals surface area (Å²) in [4.78, 5) is 14.7. The SMILES string of the molecule is CC1(C)COB(c2ccc(-c3ccc(C=O)nc3)cc2)OC1. The van der Waals surface area contributed by atoms with E-state index in [2.05, 4.69) is 18.8 Å². The summed E-state index contributed by atoms with van der Waals surface area (Å²) in [5.74, 6) is 0. The highest BCUT2D eigenvalue weighted by atomic mass is 16.6. The minimum Gasteiger partial charge on any atom is -0.407 e. The molecule has 0 unspecified atom stereocenters. The lowest BCUT2D eigenvalue weighted by Gasteiger charge is -2.33. The van der Waals surface area contributed by atoms with Crippen molar-refractivity contribution in [3.05, 3.63) is 48.3 Å². The molecule has 1 fully saturated rings. The van der Waals surface area contributed by atoms with Crippen LogP contribution in [0.5, 0.6) is 0 Å². The fourth-order valence-electron chi connectivity index (χ4n) is 2.36. The van der Waals surface area contributed by atoms with Gasteiger partial charge in [0.25, 0.3) is 0 Å². The first-order valence-corrected chi connectivity index (χ1v) is 7.32. The van der Waals surface area contributed by atoms with Gasteiger partial charge in [0, 0.05) is 30.4 Å². The van der Waals surface area contributed by atoms with Crippen molar-refractivity contribution in [2.45, 2.75) is 13.8 Å². The fourth-order valence-corrected chi connectivity index (χ4v) is 2.36. The van der Waals surface area contributed by atoms with Gasteiger partial charge in [0.15, 0.2) is 6.29 Å². The molecule has 2 heterocycles. The number of aromatic nitrogens is 1. The smallest absolute Gasteiger partial charge is 0.407 e. The van der Waals surface area contributed by atoms with Crippen molar-refractivity contribution in [3.63, 3.8) is 0 Å². The van der Waals surface area contributed by atoms with E-state index in [1.807, 2.05) is 30.3 Å². The normalized spacial score (nSPS) is 17.3. The number of carbonyl (C=O) groups excluding carboxylic acids is 1. The Labute approximate surface area is 130 Å². The number of benzene rings is 1. The van der Waals surface area contributed by atoms with E-state index < -0.39 is 0 Å². The number of nitrogens with zero attached hydrogens (tertiary/aromatic N) is 1. The van der Waals surface area contributed by atoms with Crippen molar-refractivity contribution in [2.75, 3.05) is 13.2 Å². The van der Waals surface area contributed by atoms with E-state index in [-0.39, 0.29) is 12.5 Å². The van der Waals surface area contributed by atoms with E-state index >= 15 is 0 Å². The quantitative estimate of drug-likeness (QED) is 0.644. The Kier molecular flexibility index (Phi) is 4.09. The minimum absolute atomic E-state index is 0.0719. The van der Waals surface area contributed by atoms with Gasteiger partial charge in [-0.1, -0.05) is 44.2 Å². The van der Waals surface area contributed by atoms with E-state index in [0.29, 0.717) is 18.9 Å². The van der Waals surface area contributed by atoms with Crippen LogP contribution in [0.2, 0.25) is 0 Å². The summed E-state index contributed by atoms with van der Waals surface area (Å²) in [5.41, 5.74) is 3.54. The van der Waals surface area contributed by atoms with Gasteiger partial charge in [0.2, 0.25) is 0 Å². The molecule has 1 aliphatic heterocycles. The summed E-state index contributed by atoms with van der Waals surface area (Å²) >= 11 is 0. The summed E-state index contributed by atoms with van der Waals surface area (Å²) in [7, 11) is -0.294. The molecule has 1 aromatic carbocycles. The van der Waals surface area contributed by atoms with Crippen molar-refractivity contribution < 1.29 is 14.1 Å². The first-order chi connectivity index (χ1) is 10.6. The number of aldehydes is 1. The molecule has 5 heteroatoms. The average molecular weight is 295 g/mol. The Morgan fingerprint density at radius 2 is 1.68 bits per heavy atom. The lowest BCUT2D eigenvalue weighted by Crippen LogP contribution is -2.47.